The zero-order chi connectivity index (χ0) is 7.56. The maximum absolute atomic E-state index is 8.52. The van der Waals surface area contributed by atoms with Crippen LogP contribution in [0.5, 0.6) is 0 Å². The van der Waals surface area contributed by atoms with Crippen molar-refractivity contribution >= 4 is 11.6 Å². The van der Waals surface area contributed by atoms with E-state index >= 15 is 0 Å². The van der Waals surface area contributed by atoms with Crippen molar-refractivity contribution in [1.82, 2.24) is 9.78 Å². The molecular formula is C6H9ClN2O. The first-order chi connectivity index (χ1) is 4.74. The Bertz CT molecular complexity index is 202. The van der Waals surface area contributed by atoms with Crippen LogP contribution in [-0.4, -0.2) is 21.5 Å². The van der Waals surface area contributed by atoms with E-state index in [4.69, 9.17) is 16.7 Å². The number of aryl methyl sites for hydroxylation is 1. The van der Waals surface area contributed by atoms with Gasteiger partial charge in [-0.05, 0) is 6.92 Å². The molecule has 0 spiro atoms. The van der Waals surface area contributed by atoms with Crippen molar-refractivity contribution in [2.45, 2.75) is 13.5 Å². The molecule has 1 rings (SSSR count). The molecule has 0 saturated carbocycles. The van der Waals surface area contributed by atoms with Gasteiger partial charge >= 0.3 is 0 Å². The fourth-order valence-electron chi connectivity index (χ4n) is 0.711. The molecule has 3 nitrogen and oxygen atoms in total. The van der Waals surface area contributed by atoms with E-state index in [0.717, 1.165) is 5.69 Å². The third-order valence-corrected chi connectivity index (χ3v) is 1.59. The minimum absolute atomic E-state index is 0.0947. The van der Waals surface area contributed by atoms with Crippen LogP contribution < -0.4 is 0 Å². The molecule has 10 heavy (non-hydrogen) atoms. The van der Waals surface area contributed by atoms with Gasteiger partial charge in [0.2, 0.25) is 0 Å². The summed E-state index contributed by atoms with van der Waals surface area (Å²) in [5, 5.41) is 13.2. The first kappa shape index (κ1) is 7.57. The van der Waals surface area contributed by atoms with Gasteiger partial charge in [0.1, 0.15) is 0 Å². The standard InChI is InChI=1S/C6H9ClN2O/c1-5-6(7)4-9(8-5)2-3-10/h4,10H,2-3H2,1H3. The van der Waals surface area contributed by atoms with E-state index in [0.29, 0.717) is 11.6 Å². The average molecular weight is 161 g/mol. The molecule has 0 atom stereocenters. The Morgan fingerprint density at radius 2 is 2.50 bits per heavy atom. The lowest BCUT2D eigenvalue weighted by molar-refractivity contribution is 0.269. The van der Waals surface area contributed by atoms with E-state index in [-0.39, 0.29) is 6.61 Å². The second kappa shape index (κ2) is 3.03. The summed E-state index contributed by atoms with van der Waals surface area (Å²) in [6, 6.07) is 0. The second-order valence-corrected chi connectivity index (χ2v) is 2.46. The highest BCUT2D eigenvalue weighted by Gasteiger charge is 1.99. The summed E-state index contributed by atoms with van der Waals surface area (Å²) in [7, 11) is 0. The number of aliphatic hydroxyl groups excluding tert-OH is 1. The van der Waals surface area contributed by atoms with Crippen molar-refractivity contribution in [3.8, 4) is 0 Å². The SMILES string of the molecule is Cc1nn(CCO)cc1Cl. The van der Waals surface area contributed by atoms with Crippen LogP contribution in [0.1, 0.15) is 5.69 Å². The van der Waals surface area contributed by atoms with Crippen molar-refractivity contribution in [2.75, 3.05) is 6.61 Å². The van der Waals surface area contributed by atoms with Gasteiger partial charge < -0.3 is 5.11 Å². The summed E-state index contributed by atoms with van der Waals surface area (Å²) in [4.78, 5) is 0. The monoisotopic (exact) mass is 160 g/mol. The molecule has 1 heterocycles. The van der Waals surface area contributed by atoms with E-state index in [1.165, 1.54) is 0 Å². The average Bonchev–Trinajstić information content (AvgIpc) is 2.14. The quantitative estimate of drug-likeness (QED) is 0.696. The minimum Gasteiger partial charge on any atom is -0.394 e. The molecule has 0 aliphatic rings. The van der Waals surface area contributed by atoms with Gasteiger partial charge in [0.05, 0.1) is 23.9 Å². The Balaban J connectivity index is 2.77. The van der Waals surface area contributed by atoms with Gasteiger partial charge in [0.15, 0.2) is 0 Å². The fraction of sp³-hybridized carbons (Fsp3) is 0.500. The molecule has 4 heteroatoms. The van der Waals surface area contributed by atoms with Crippen molar-refractivity contribution in [3.63, 3.8) is 0 Å². The van der Waals surface area contributed by atoms with Gasteiger partial charge in [-0.3, -0.25) is 4.68 Å². The summed E-state index contributed by atoms with van der Waals surface area (Å²) in [5.41, 5.74) is 0.801. The predicted molar refractivity (Wildman–Crippen MR) is 39.1 cm³/mol. The molecule has 1 aromatic rings. The Hall–Kier alpha value is -0.540. The van der Waals surface area contributed by atoms with Crippen molar-refractivity contribution in [2.24, 2.45) is 0 Å². The molecule has 0 bridgehead atoms. The highest BCUT2D eigenvalue weighted by molar-refractivity contribution is 6.31. The summed E-state index contributed by atoms with van der Waals surface area (Å²) < 4.78 is 1.62. The second-order valence-electron chi connectivity index (χ2n) is 2.05. The molecular weight excluding hydrogens is 152 g/mol. The Kier molecular flexibility index (Phi) is 2.29. The van der Waals surface area contributed by atoms with Gasteiger partial charge in [0, 0.05) is 6.20 Å². The molecule has 56 valence electrons. The molecule has 0 aromatic carbocycles. The van der Waals surface area contributed by atoms with Crippen molar-refractivity contribution < 1.29 is 5.11 Å². The number of nitrogens with zero attached hydrogens (tertiary/aromatic N) is 2. The van der Waals surface area contributed by atoms with Crippen LogP contribution in [0.4, 0.5) is 0 Å². The van der Waals surface area contributed by atoms with Crippen LogP contribution in [-0.2, 0) is 6.54 Å². The lowest BCUT2D eigenvalue weighted by Gasteiger charge is -1.93. The Morgan fingerprint density at radius 1 is 1.80 bits per heavy atom. The highest BCUT2D eigenvalue weighted by atomic mass is 35.5. The van der Waals surface area contributed by atoms with Gasteiger partial charge in [-0.2, -0.15) is 5.10 Å². The third-order valence-electron chi connectivity index (χ3n) is 1.22. The number of halogens is 1. The molecule has 1 aromatic heterocycles. The summed E-state index contributed by atoms with van der Waals surface area (Å²) in [6.07, 6.45) is 1.70. The first-order valence-corrected chi connectivity index (χ1v) is 3.42. The van der Waals surface area contributed by atoms with E-state index in [9.17, 15) is 0 Å². The predicted octanol–water partition coefficient (Wildman–Crippen LogP) is 0.837. The van der Waals surface area contributed by atoms with E-state index < -0.39 is 0 Å². The van der Waals surface area contributed by atoms with Crippen LogP contribution >= 0.6 is 11.6 Å². The maximum atomic E-state index is 8.52. The van der Waals surface area contributed by atoms with E-state index in [1.54, 1.807) is 10.9 Å². The molecule has 0 saturated heterocycles. The molecule has 1 N–H and O–H groups in total. The number of aliphatic hydroxyl groups is 1. The van der Waals surface area contributed by atoms with Crippen LogP contribution in [0.2, 0.25) is 5.02 Å². The first-order valence-electron chi connectivity index (χ1n) is 3.04. The summed E-state index contributed by atoms with van der Waals surface area (Å²) >= 11 is 5.70. The lowest BCUT2D eigenvalue weighted by Crippen LogP contribution is -2.01. The van der Waals surface area contributed by atoms with Crippen LogP contribution in [0, 0.1) is 6.92 Å². The largest absolute Gasteiger partial charge is 0.394 e. The molecule has 0 radical (unpaired) electrons. The van der Waals surface area contributed by atoms with E-state index in [2.05, 4.69) is 5.10 Å². The zero-order valence-corrected chi connectivity index (χ0v) is 6.47. The maximum Gasteiger partial charge on any atom is 0.0814 e. The van der Waals surface area contributed by atoms with Gasteiger partial charge in [-0.1, -0.05) is 11.6 Å². The van der Waals surface area contributed by atoms with Gasteiger partial charge in [-0.25, -0.2) is 0 Å². The summed E-state index contributed by atoms with van der Waals surface area (Å²) in [5.74, 6) is 0. The van der Waals surface area contributed by atoms with Crippen LogP contribution in [0.15, 0.2) is 6.20 Å². The minimum atomic E-state index is 0.0947. The topological polar surface area (TPSA) is 38.0 Å². The van der Waals surface area contributed by atoms with Gasteiger partial charge in [0.25, 0.3) is 0 Å². The van der Waals surface area contributed by atoms with Crippen molar-refractivity contribution in [1.29, 1.82) is 0 Å². The fourth-order valence-corrected chi connectivity index (χ4v) is 0.861. The number of hydrogen-bond donors (Lipinski definition) is 1. The normalized spacial score (nSPS) is 10.3. The third kappa shape index (κ3) is 1.49. The van der Waals surface area contributed by atoms with Crippen LogP contribution in [0.25, 0.3) is 0 Å². The lowest BCUT2D eigenvalue weighted by atomic mass is 10.5. The molecule has 0 amide bonds. The molecule has 0 fully saturated rings. The van der Waals surface area contributed by atoms with Crippen molar-refractivity contribution in [3.05, 3.63) is 16.9 Å². The Morgan fingerprint density at radius 3 is 2.90 bits per heavy atom. The Labute approximate surface area is 64.2 Å². The number of aromatic nitrogens is 2. The van der Waals surface area contributed by atoms with Gasteiger partial charge in [-0.15, -0.1) is 0 Å². The highest BCUT2D eigenvalue weighted by Crippen LogP contribution is 2.11. The zero-order valence-electron chi connectivity index (χ0n) is 5.71. The molecule has 0 aliphatic heterocycles. The number of rotatable bonds is 2. The van der Waals surface area contributed by atoms with E-state index in [1.807, 2.05) is 6.92 Å². The number of hydrogen-bond acceptors (Lipinski definition) is 2. The smallest absolute Gasteiger partial charge is 0.0814 e. The molecule has 0 unspecified atom stereocenters. The van der Waals surface area contributed by atoms with Crippen LogP contribution in [0.3, 0.4) is 0 Å². The molecule has 0 aliphatic carbocycles. The summed E-state index contributed by atoms with van der Waals surface area (Å²) in [6.45, 7) is 2.43.